The van der Waals surface area contributed by atoms with Gasteiger partial charge < -0.3 is 20.2 Å². The number of fused-ring (bicyclic) bond motifs is 1. The first kappa shape index (κ1) is 17.4. The lowest BCUT2D eigenvalue weighted by molar-refractivity contribution is -0.123. The molecule has 1 unspecified atom stereocenters. The van der Waals surface area contributed by atoms with E-state index in [2.05, 4.69) is 5.32 Å². The quantitative estimate of drug-likeness (QED) is 0.883. The summed E-state index contributed by atoms with van der Waals surface area (Å²) in [6, 6.07) is 3.60. The second kappa shape index (κ2) is 7.40. The molecule has 0 saturated heterocycles. The molecule has 0 aliphatic heterocycles. The number of hydrogen-bond acceptors (Lipinski definition) is 4. The van der Waals surface area contributed by atoms with Gasteiger partial charge >= 0.3 is 0 Å². The summed E-state index contributed by atoms with van der Waals surface area (Å²) in [5.74, 6) is -0.0550. The van der Waals surface area contributed by atoms with Crippen LogP contribution in [0.2, 0.25) is 0 Å². The molecule has 116 valence electrons. The number of carbonyl (C=O) groups excluding carboxylic acids is 1. The molecule has 0 radical (unpaired) electrons. The Bertz CT molecular complexity index is 630. The Kier molecular flexibility index (Phi) is 6.14. The summed E-state index contributed by atoms with van der Waals surface area (Å²) in [5, 5.41) is 3.37. The molecular weight excluding hydrogens is 299 g/mol. The predicted molar refractivity (Wildman–Crippen MR) is 79.9 cm³/mol. The van der Waals surface area contributed by atoms with E-state index in [1.54, 1.807) is 6.07 Å². The smallest absolute Gasteiger partial charge is 0.239 e. The van der Waals surface area contributed by atoms with E-state index in [4.69, 9.17) is 14.9 Å². The minimum atomic E-state index is -0.720. The van der Waals surface area contributed by atoms with E-state index in [-0.39, 0.29) is 37.3 Å². The van der Waals surface area contributed by atoms with Gasteiger partial charge in [0, 0.05) is 18.1 Å². The van der Waals surface area contributed by atoms with Crippen LogP contribution in [0.15, 0.2) is 22.6 Å². The van der Waals surface area contributed by atoms with Gasteiger partial charge in [-0.2, -0.15) is 0 Å². The van der Waals surface area contributed by atoms with E-state index in [1.165, 1.54) is 19.2 Å². The van der Waals surface area contributed by atoms with Gasteiger partial charge in [0.15, 0.2) is 0 Å². The molecule has 1 atom stereocenters. The minimum absolute atomic E-state index is 0. The zero-order valence-corrected chi connectivity index (χ0v) is 12.6. The van der Waals surface area contributed by atoms with E-state index >= 15 is 0 Å². The van der Waals surface area contributed by atoms with Gasteiger partial charge in [0.05, 0.1) is 13.2 Å². The summed E-state index contributed by atoms with van der Waals surface area (Å²) in [5.41, 5.74) is 7.01. The zero-order valence-electron chi connectivity index (χ0n) is 11.8. The van der Waals surface area contributed by atoms with Crippen LogP contribution < -0.4 is 11.1 Å². The van der Waals surface area contributed by atoms with E-state index in [1.807, 2.05) is 6.92 Å². The van der Waals surface area contributed by atoms with Crippen LogP contribution in [-0.4, -0.2) is 25.7 Å². The highest BCUT2D eigenvalue weighted by Crippen LogP contribution is 2.25. The molecule has 1 aromatic carbocycles. The van der Waals surface area contributed by atoms with Crippen molar-refractivity contribution in [2.75, 3.05) is 13.7 Å². The maximum Gasteiger partial charge on any atom is 0.239 e. The number of rotatable bonds is 5. The molecule has 1 amide bonds. The van der Waals surface area contributed by atoms with Crippen LogP contribution >= 0.6 is 12.4 Å². The average Bonchev–Trinajstić information content (AvgIpc) is 2.73. The van der Waals surface area contributed by atoms with Crippen molar-refractivity contribution < 1.29 is 18.3 Å². The Morgan fingerprint density at radius 3 is 2.90 bits per heavy atom. The molecular formula is C14H18ClFN2O3. The van der Waals surface area contributed by atoms with Crippen molar-refractivity contribution >= 4 is 29.3 Å². The van der Waals surface area contributed by atoms with Crippen LogP contribution in [0.1, 0.15) is 11.3 Å². The lowest BCUT2D eigenvalue weighted by Crippen LogP contribution is -2.43. The fourth-order valence-electron chi connectivity index (χ4n) is 1.97. The number of hydrogen-bond donors (Lipinski definition) is 2. The predicted octanol–water partition coefficient (Wildman–Crippen LogP) is 1.89. The van der Waals surface area contributed by atoms with Crippen LogP contribution in [0.25, 0.3) is 11.0 Å². The Balaban J connectivity index is 0.00000220. The summed E-state index contributed by atoms with van der Waals surface area (Å²) in [6.45, 7) is 2.18. The molecule has 21 heavy (non-hydrogen) atoms. The van der Waals surface area contributed by atoms with Gasteiger partial charge in [-0.15, -0.1) is 12.4 Å². The Morgan fingerprint density at radius 1 is 1.52 bits per heavy atom. The molecule has 0 saturated carbocycles. The van der Waals surface area contributed by atoms with Crippen molar-refractivity contribution in [1.29, 1.82) is 0 Å². The van der Waals surface area contributed by atoms with Gasteiger partial charge in [0.25, 0.3) is 0 Å². The van der Waals surface area contributed by atoms with E-state index < -0.39 is 6.04 Å². The molecule has 7 heteroatoms. The number of aryl methyl sites for hydroxylation is 1. The number of nitrogens with one attached hydrogen (secondary N) is 1. The topological polar surface area (TPSA) is 77.5 Å². The standard InChI is InChI=1S/C14H17FN2O3.ClH/c1-8-10-5-9(15)3-4-12(10)20-13(8)6-17-14(18)11(16)7-19-2;/h3-5,11H,6-7,16H2,1-2H3,(H,17,18);1H. The molecule has 0 aliphatic carbocycles. The van der Waals surface area contributed by atoms with Gasteiger partial charge in [0.1, 0.15) is 23.2 Å². The molecule has 0 aliphatic rings. The first-order valence-corrected chi connectivity index (χ1v) is 6.22. The monoisotopic (exact) mass is 316 g/mol. The minimum Gasteiger partial charge on any atom is -0.459 e. The summed E-state index contributed by atoms with van der Waals surface area (Å²) >= 11 is 0. The molecule has 2 aromatic rings. The van der Waals surface area contributed by atoms with E-state index in [0.717, 1.165) is 5.56 Å². The second-order valence-corrected chi connectivity index (χ2v) is 4.57. The van der Waals surface area contributed by atoms with Crippen molar-refractivity contribution in [2.24, 2.45) is 5.73 Å². The molecule has 2 rings (SSSR count). The number of carbonyl (C=O) groups is 1. The lowest BCUT2D eigenvalue weighted by atomic mass is 10.1. The molecule has 0 spiro atoms. The fourth-order valence-corrected chi connectivity index (χ4v) is 1.97. The van der Waals surface area contributed by atoms with Crippen LogP contribution in [0, 0.1) is 12.7 Å². The highest BCUT2D eigenvalue weighted by Gasteiger charge is 2.15. The highest BCUT2D eigenvalue weighted by atomic mass is 35.5. The number of furan rings is 1. The third-order valence-corrected chi connectivity index (χ3v) is 3.10. The van der Waals surface area contributed by atoms with Crippen LogP contribution in [-0.2, 0) is 16.1 Å². The molecule has 0 bridgehead atoms. The molecule has 1 heterocycles. The number of methoxy groups -OCH3 is 1. The van der Waals surface area contributed by atoms with E-state index in [9.17, 15) is 9.18 Å². The van der Waals surface area contributed by atoms with Crippen molar-refractivity contribution in [2.45, 2.75) is 19.5 Å². The summed E-state index contributed by atoms with van der Waals surface area (Å²) in [4.78, 5) is 11.7. The van der Waals surface area contributed by atoms with E-state index in [0.29, 0.717) is 16.7 Å². The van der Waals surface area contributed by atoms with Crippen molar-refractivity contribution in [3.05, 3.63) is 35.3 Å². The average molecular weight is 317 g/mol. The van der Waals surface area contributed by atoms with Gasteiger partial charge in [-0.05, 0) is 25.1 Å². The Labute approximate surface area is 128 Å². The normalized spacial score (nSPS) is 12.0. The maximum absolute atomic E-state index is 13.2. The molecule has 5 nitrogen and oxygen atoms in total. The van der Waals surface area contributed by atoms with Crippen LogP contribution in [0.3, 0.4) is 0 Å². The van der Waals surface area contributed by atoms with Gasteiger partial charge in [-0.25, -0.2) is 4.39 Å². The van der Waals surface area contributed by atoms with Gasteiger partial charge in [-0.3, -0.25) is 4.79 Å². The summed E-state index contributed by atoms with van der Waals surface area (Å²) < 4.78 is 23.6. The molecule has 0 fully saturated rings. The summed E-state index contributed by atoms with van der Waals surface area (Å²) in [6.07, 6.45) is 0. The zero-order chi connectivity index (χ0) is 14.7. The Hall–Kier alpha value is -1.63. The molecule has 3 N–H and O–H groups in total. The Morgan fingerprint density at radius 2 is 2.24 bits per heavy atom. The lowest BCUT2D eigenvalue weighted by Gasteiger charge is -2.10. The van der Waals surface area contributed by atoms with Gasteiger partial charge in [0.2, 0.25) is 5.91 Å². The summed E-state index contributed by atoms with van der Waals surface area (Å²) in [7, 11) is 1.48. The number of benzene rings is 1. The van der Waals surface area contributed by atoms with Crippen LogP contribution in [0.5, 0.6) is 0 Å². The number of halogens is 2. The number of ether oxygens (including phenoxy) is 1. The van der Waals surface area contributed by atoms with Crippen molar-refractivity contribution in [1.82, 2.24) is 5.32 Å². The third-order valence-electron chi connectivity index (χ3n) is 3.10. The number of amides is 1. The second-order valence-electron chi connectivity index (χ2n) is 4.57. The maximum atomic E-state index is 13.2. The van der Waals surface area contributed by atoms with Crippen molar-refractivity contribution in [3.8, 4) is 0 Å². The largest absolute Gasteiger partial charge is 0.459 e. The highest BCUT2D eigenvalue weighted by molar-refractivity contribution is 5.85. The first-order chi connectivity index (χ1) is 9.52. The molecule has 1 aromatic heterocycles. The first-order valence-electron chi connectivity index (χ1n) is 6.22. The number of nitrogens with two attached hydrogens (primary N) is 1. The van der Waals surface area contributed by atoms with Gasteiger partial charge in [-0.1, -0.05) is 0 Å². The van der Waals surface area contributed by atoms with Crippen LogP contribution in [0.4, 0.5) is 4.39 Å². The van der Waals surface area contributed by atoms with Crippen molar-refractivity contribution in [3.63, 3.8) is 0 Å². The SMILES string of the molecule is COCC(N)C(=O)NCc1oc2ccc(F)cc2c1C.Cl. The third kappa shape index (κ3) is 3.93. The fraction of sp³-hybridized carbons (Fsp3) is 0.357.